The summed E-state index contributed by atoms with van der Waals surface area (Å²) in [5, 5.41) is 0. The summed E-state index contributed by atoms with van der Waals surface area (Å²) in [5.41, 5.74) is 3.92. The minimum absolute atomic E-state index is 0.341. The Hall–Kier alpha value is -2.17. The Morgan fingerprint density at radius 1 is 0.938 bits per heavy atom. The molecule has 0 saturated carbocycles. The van der Waals surface area contributed by atoms with E-state index in [9.17, 15) is 4.79 Å². The molecule has 4 rings (SSSR count). The normalized spacial score (nSPS) is 20.9. The molecule has 0 radical (unpaired) electrons. The number of hydrogen-bond donors (Lipinski definition) is 0. The van der Waals surface area contributed by atoms with E-state index < -0.39 is 0 Å². The highest BCUT2D eigenvalue weighted by molar-refractivity contribution is 5.76. The van der Waals surface area contributed by atoms with Gasteiger partial charge >= 0.3 is 0 Å². The topological polar surface area (TPSA) is 26.8 Å². The number of hydrogen-bond acceptors (Lipinski definition) is 3. The summed E-state index contributed by atoms with van der Waals surface area (Å²) in [4.78, 5) is 19.8. The van der Waals surface area contributed by atoms with Gasteiger partial charge in [-0.2, -0.15) is 0 Å². The highest BCUT2D eigenvalue weighted by Gasteiger charge is 2.25. The second kappa shape index (κ2) is 11.1. The van der Waals surface area contributed by atoms with Gasteiger partial charge < -0.3 is 9.80 Å². The molecule has 0 aromatic heterocycles. The van der Waals surface area contributed by atoms with Crippen molar-refractivity contribution >= 4 is 5.91 Å². The smallest absolute Gasteiger partial charge is 0.222 e. The third-order valence-corrected chi connectivity index (χ3v) is 7.47. The zero-order valence-electron chi connectivity index (χ0n) is 19.9. The molecule has 4 heteroatoms. The van der Waals surface area contributed by atoms with Crippen LogP contribution in [0.1, 0.15) is 44.1 Å². The molecule has 2 aliphatic rings. The van der Waals surface area contributed by atoms with E-state index in [1.807, 2.05) is 11.9 Å². The van der Waals surface area contributed by atoms with Crippen molar-refractivity contribution in [1.29, 1.82) is 0 Å². The average molecular weight is 434 g/mol. The van der Waals surface area contributed by atoms with Gasteiger partial charge in [-0.25, -0.2) is 0 Å². The molecule has 1 atom stereocenters. The number of piperidine rings is 2. The molecule has 1 amide bonds. The number of carbonyl (C=O) groups is 1. The molecule has 2 heterocycles. The predicted octanol–water partition coefficient (Wildman–Crippen LogP) is 4.90. The van der Waals surface area contributed by atoms with Crippen molar-refractivity contribution in [3.8, 4) is 11.1 Å². The Morgan fingerprint density at radius 2 is 1.62 bits per heavy atom. The lowest BCUT2D eigenvalue weighted by molar-refractivity contribution is -0.133. The van der Waals surface area contributed by atoms with Crippen LogP contribution in [-0.4, -0.2) is 66.9 Å². The molecular weight excluding hydrogens is 394 g/mol. The van der Waals surface area contributed by atoms with Gasteiger partial charge in [0.05, 0.1) is 0 Å². The average Bonchev–Trinajstić information content (AvgIpc) is 2.84. The number of nitrogens with zero attached hydrogens (tertiary/aromatic N) is 3. The van der Waals surface area contributed by atoms with Gasteiger partial charge in [0, 0.05) is 32.6 Å². The summed E-state index contributed by atoms with van der Waals surface area (Å²) in [6, 6.07) is 20.0. The van der Waals surface area contributed by atoms with Crippen molar-refractivity contribution in [3.05, 3.63) is 60.2 Å². The lowest BCUT2D eigenvalue weighted by Gasteiger charge is -2.36. The molecule has 2 aromatic carbocycles. The first-order valence-electron chi connectivity index (χ1n) is 12.4. The van der Waals surface area contributed by atoms with Crippen LogP contribution in [0.2, 0.25) is 0 Å². The van der Waals surface area contributed by atoms with Crippen molar-refractivity contribution in [2.75, 3.05) is 40.3 Å². The van der Waals surface area contributed by atoms with E-state index in [1.54, 1.807) is 0 Å². The zero-order chi connectivity index (χ0) is 22.3. The van der Waals surface area contributed by atoms with Crippen molar-refractivity contribution < 1.29 is 4.79 Å². The fourth-order valence-electron chi connectivity index (χ4n) is 5.31. The van der Waals surface area contributed by atoms with Gasteiger partial charge in [0.25, 0.3) is 0 Å². The number of amides is 1. The molecule has 32 heavy (non-hydrogen) atoms. The summed E-state index contributed by atoms with van der Waals surface area (Å²) in [5.74, 6) is 0.982. The molecule has 2 aliphatic heterocycles. The minimum atomic E-state index is 0.341. The maximum absolute atomic E-state index is 12.8. The molecule has 4 nitrogen and oxygen atoms in total. The highest BCUT2D eigenvalue weighted by Crippen LogP contribution is 2.25. The lowest BCUT2D eigenvalue weighted by Crippen LogP contribution is -2.44. The van der Waals surface area contributed by atoms with Gasteiger partial charge in [0.1, 0.15) is 0 Å². The third kappa shape index (κ3) is 6.20. The van der Waals surface area contributed by atoms with Crippen LogP contribution < -0.4 is 0 Å². The SMILES string of the molecule is CN1CCC(N(C)C(=O)CCC2CCCN(Cc3ccc(-c4ccccc4)cc3)C2)CC1. The van der Waals surface area contributed by atoms with Gasteiger partial charge in [-0.3, -0.25) is 9.69 Å². The van der Waals surface area contributed by atoms with Crippen LogP contribution in [-0.2, 0) is 11.3 Å². The number of likely N-dealkylation sites (tertiary alicyclic amines) is 2. The standard InChI is InChI=1S/C28H39N3O/c1-29-19-16-27(17-20-29)30(2)28(32)15-12-23-7-6-18-31(21-23)22-24-10-13-26(14-11-24)25-8-4-3-5-9-25/h3-5,8-11,13-14,23,27H,6-7,12,15-22H2,1-2H3. The van der Waals surface area contributed by atoms with Crippen LogP contribution >= 0.6 is 0 Å². The first-order chi connectivity index (χ1) is 15.6. The van der Waals surface area contributed by atoms with Gasteiger partial charge in [-0.1, -0.05) is 54.6 Å². The van der Waals surface area contributed by atoms with Crippen molar-refractivity contribution in [2.24, 2.45) is 5.92 Å². The van der Waals surface area contributed by atoms with E-state index in [-0.39, 0.29) is 0 Å². The maximum Gasteiger partial charge on any atom is 0.222 e. The monoisotopic (exact) mass is 433 g/mol. The summed E-state index contributed by atoms with van der Waals surface area (Å²) < 4.78 is 0. The highest BCUT2D eigenvalue weighted by atomic mass is 16.2. The first-order valence-corrected chi connectivity index (χ1v) is 12.4. The summed E-state index contributed by atoms with van der Waals surface area (Å²) in [7, 11) is 4.19. The largest absolute Gasteiger partial charge is 0.343 e. The molecule has 0 aliphatic carbocycles. The summed E-state index contributed by atoms with van der Waals surface area (Å²) in [6.45, 7) is 5.50. The molecule has 0 spiro atoms. The predicted molar refractivity (Wildman–Crippen MR) is 132 cm³/mol. The van der Waals surface area contributed by atoms with Crippen LogP contribution in [0.15, 0.2) is 54.6 Å². The van der Waals surface area contributed by atoms with E-state index in [1.165, 1.54) is 36.1 Å². The Bertz CT molecular complexity index is 843. The van der Waals surface area contributed by atoms with Gasteiger partial charge in [-0.05, 0) is 81.4 Å². The van der Waals surface area contributed by atoms with E-state index >= 15 is 0 Å². The zero-order valence-corrected chi connectivity index (χ0v) is 19.9. The van der Waals surface area contributed by atoms with Gasteiger partial charge in [0.15, 0.2) is 0 Å². The van der Waals surface area contributed by atoms with Crippen LogP contribution in [0, 0.1) is 5.92 Å². The molecule has 2 fully saturated rings. The Kier molecular flexibility index (Phi) is 7.99. The fraction of sp³-hybridized carbons (Fsp3) is 0.536. The van der Waals surface area contributed by atoms with E-state index in [2.05, 4.69) is 71.4 Å². The number of benzene rings is 2. The molecule has 2 aromatic rings. The Balaban J connectivity index is 1.23. The maximum atomic E-state index is 12.8. The van der Waals surface area contributed by atoms with E-state index in [4.69, 9.17) is 0 Å². The minimum Gasteiger partial charge on any atom is -0.343 e. The van der Waals surface area contributed by atoms with E-state index in [0.717, 1.165) is 45.4 Å². The van der Waals surface area contributed by atoms with E-state index in [0.29, 0.717) is 24.3 Å². The molecule has 0 bridgehead atoms. The van der Waals surface area contributed by atoms with Crippen LogP contribution in [0.5, 0.6) is 0 Å². The fourth-order valence-corrected chi connectivity index (χ4v) is 5.31. The quantitative estimate of drug-likeness (QED) is 0.621. The first kappa shape index (κ1) is 23.0. The molecule has 2 saturated heterocycles. The summed E-state index contributed by atoms with van der Waals surface area (Å²) in [6.07, 6.45) is 6.45. The van der Waals surface area contributed by atoms with Crippen molar-refractivity contribution in [1.82, 2.24) is 14.7 Å². The van der Waals surface area contributed by atoms with Gasteiger partial charge in [-0.15, -0.1) is 0 Å². The second-order valence-corrected chi connectivity index (χ2v) is 9.88. The number of rotatable bonds is 7. The van der Waals surface area contributed by atoms with Crippen LogP contribution in [0.3, 0.4) is 0 Å². The molecular formula is C28H39N3O. The Morgan fingerprint density at radius 3 is 2.34 bits per heavy atom. The van der Waals surface area contributed by atoms with Crippen molar-refractivity contribution in [3.63, 3.8) is 0 Å². The molecule has 0 N–H and O–H groups in total. The number of carbonyl (C=O) groups excluding carboxylic acids is 1. The van der Waals surface area contributed by atoms with Crippen molar-refractivity contribution in [2.45, 2.75) is 51.1 Å². The second-order valence-electron chi connectivity index (χ2n) is 9.88. The lowest BCUT2D eigenvalue weighted by atomic mass is 9.92. The van der Waals surface area contributed by atoms with Crippen LogP contribution in [0.25, 0.3) is 11.1 Å². The summed E-state index contributed by atoms with van der Waals surface area (Å²) >= 11 is 0. The molecule has 172 valence electrons. The van der Waals surface area contributed by atoms with Gasteiger partial charge in [0.2, 0.25) is 5.91 Å². The van der Waals surface area contributed by atoms with Crippen LogP contribution in [0.4, 0.5) is 0 Å². The third-order valence-electron chi connectivity index (χ3n) is 7.47. The Labute approximate surface area is 194 Å². The molecule has 1 unspecified atom stereocenters.